The number of fused-ring (bicyclic) bond motifs is 5. The molecule has 1 unspecified atom stereocenters. The highest BCUT2D eigenvalue weighted by molar-refractivity contribution is 7.99. The van der Waals surface area contributed by atoms with Crippen LogP contribution in [-0.2, 0) is 0 Å². The first kappa shape index (κ1) is 40.7. The molecule has 0 fully saturated rings. The van der Waals surface area contributed by atoms with Crippen LogP contribution in [0.1, 0.15) is 0 Å². The largest absolute Gasteiger partial charge is 0.374 e. The molecule has 1 aliphatic carbocycles. The van der Waals surface area contributed by atoms with Crippen molar-refractivity contribution in [1.29, 1.82) is 0 Å². The molecule has 2 nitrogen and oxygen atoms in total. The molecule has 1 N–H and O–H groups in total. The minimum atomic E-state index is 0.102. The van der Waals surface area contributed by atoms with Crippen molar-refractivity contribution in [1.82, 2.24) is 0 Å². The highest BCUT2D eigenvalue weighted by Crippen LogP contribution is 2.59. The molecule has 0 radical (unpaired) electrons. The molecule has 2 aliphatic heterocycles. The molecule has 3 heteroatoms. The van der Waals surface area contributed by atoms with Gasteiger partial charge in [0, 0.05) is 37.4 Å². The number of rotatable bonds is 8. The lowest BCUT2D eigenvalue weighted by molar-refractivity contribution is 1.15. The quantitative estimate of drug-likeness (QED) is 0.164. The van der Waals surface area contributed by atoms with E-state index < -0.39 is 0 Å². The lowest BCUT2D eigenvalue weighted by atomic mass is 9.78. The zero-order chi connectivity index (χ0) is 45.7. The van der Waals surface area contributed by atoms with Crippen LogP contribution >= 0.6 is 11.8 Å². The molecule has 0 amide bonds. The predicted octanol–water partition coefficient (Wildman–Crippen LogP) is 16.5. The Balaban J connectivity index is 1.23. The lowest BCUT2D eigenvalue weighted by Crippen LogP contribution is -2.29. The van der Waals surface area contributed by atoms with Crippen molar-refractivity contribution in [2.24, 2.45) is 4.99 Å². The number of nitrogens with zero attached hydrogens (tertiary/aromatic N) is 1. The maximum absolute atomic E-state index is 6.07. The van der Waals surface area contributed by atoms with Crippen molar-refractivity contribution in [3.8, 4) is 89.0 Å². The smallest absolute Gasteiger partial charge is 0.0873 e. The van der Waals surface area contributed by atoms with E-state index in [4.69, 9.17) is 4.99 Å². The maximum atomic E-state index is 6.07. The highest BCUT2D eigenvalue weighted by atomic mass is 32.2. The molecule has 324 valence electrons. The van der Waals surface area contributed by atoms with Crippen molar-refractivity contribution in [3.05, 3.63) is 265 Å². The van der Waals surface area contributed by atoms with Gasteiger partial charge < -0.3 is 5.32 Å². The first-order valence-corrected chi connectivity index (χ1v) is 24.5. The van der Waals surface area contributed by atoms with Gasteiger partial charge in [-0.05, 0) is 90.0 Å². The fourth-order valence-corrected chi connectivity index (χ4v) is 11.9. The summed E-state index contributed by atoms with van der Waals surface area (Å²) in [4.78, 5) is 8.35. The topological polar surface area (TPSA) is 24.4 Å². The van der Waals surface area contributed by atoms with Crippen LogP contribution in [0.2, 0.25) is 0 Å². The van der Waals surface area contributed by atoms with Crippen molar-refractivity contribution < 1.29 is 0 Å². The van der Waals surface area contributed by atoms with E-state index >= 15 is 0 Å². The fourth-order valence-electron chi connectivity index (χ4n) is 10.7. The van der Waals surface area contributed by atoms with E-state index in [0.717, 1.165) is 65.5 Å². The number of hydrogen-bond acceptors (Lipinski definition) is 3. The standard InChI is InChI=1S/C66H44N2S/c1-5-23-43(24-6-1)47-31-13-15-33-49(47)51-35-17-19-37-53(51)62-59(45-27-9-3-10-28-45)63(54-38-20-18-36-52(54)50-34-16-14-32-48(50)44-25-7-2-8-26-44)65-66(60(62)46-29-11-4-12-30-46)69-58-42-41-57-61(64(58)68-65)55-39-21-22-40-56(55)67-57/h1-42,56,67H. The van der Waals surface area contributed by atoms with Gasteiger partial charge in [-0.15, -0.1) is 0 Å². The van der Waals surface area contributed by atoms with Gasteiger partial charge in [0.1, 0.15) is 0 Å². The molecular formula is C66H44N2S. The van der Waals surface area contributed by atoms with Gasteiger partial charge in [-0.1, -0.05) is 254 Å². The molecule has 2 heterocycles. The first-order valence-electron chi connectivity index (χ1n) is 23.7. The Kier molecular flexibility index (Phi) is 10.2. The zero-order valence-electron chi connectivity index (χ0n) is 37.7. The van der Waals surface area contributed by atoms with Gasteiger partial charge in [-0.25, -0.2) is 4.99 Å². The van der Waals surface area contributed by atoms with Gasteiger partial charge in [0.05, 0.1) is 17.1 Å². The molecule has 0 saturated heterocycles. The van der Waals surface area contributed by atoms with E-state index in [9.17, 15) is 0 Å². The fraction of sp³-hybridized carbons (Fsp3) is 0.0152. The molecule has 0 aromatic heterocycles. The van der Waals surface area contributed by atoms with E-state index in [1.165, 1.54) is 60.9 Å². The van der Waals surface area contributed by atoms with Crippen LogP contribution in [0.4, 0.5) is 11.4 Å². The van der Waals surface area contributed by atoms with Crippen LogP contribution in [-0.4, -0.2) is 6.04 Å². The van der Waals surface area contributed by atoms with Crippen LogP contribution in [0.3, 0.4) is 0 Å². The molecular weight excluding hydrogens is 853 g/mol. The third-order valence-electron chi connectivity index (χ3n) is 13.8. The van der Waals surface area contributed by atoms with Crippen LogP contribution in [0, 0.1) is 0 Å². The van der Waals surface area contributed by atoms with E-state index in [1.807, 2.05) is 11.8 Å². The average molecular weight is 897 g/mol. The van der Waals surface area contributed by atoms with Crippen molar-refractivity contribution in [2.45, 2.75) is 15.8 Å². The average Bonchev–Trinajstić information content (AvgIpc) is 3.82. The van der Waals surface area contributed by atoms with Gasteiger partial charge in [-0.3, -0.25) is 0 Å². The Morgan fingerprint density at radius 1 is 0.362 bits per heavy atom. The molecule has 3 aliphatic rings. The summed E-state index contributed by atoms with van der Waals surface area (Å²) in [6.45, 7) is 0. The van der Waals surface area contributed by atoms with Gasteiger partial charge in [0.15, 0.2) is 0 Å². The zero-order valence-corrected chi connectivity index (χ0v) is 38.5. The minimum absolute atomic E-state index is 0.102. The van der Waals surface area contributed by atoms with Crippen LogP contribution in [0.25, 0.3) is 94.6 Å². The first-order chi connectivity index (χ1) is 34.3. The summed E-state index contributed by atoms with van der Waals surface area (Å²) in [5.74, 6) is 0. The molecule has 0 spiro atoms. The summed E-state index contributed by atoms with van der Waals surface area (Å²) in [7, 11) is 0. The van der Waals surface area contributed by atoms with Crippen LogP contribution in [0.15, 0.2) is 270 Å². The third-order valence-corrected chi connectivity index (χ3v) is 14.9. The molecule has 69 heavy (non-hydrogen) atoms. The minimum Gasteiger partial charge on any atom is -0.374 e. The number of benzene rings is 10. The Bertz CT molecular complexity index is 3820. The number of nitrogens with one attached hydrogen (secondary N) is 1. The molecule has 13 rings (SSSR count). The Hall–Kier alpha value is -8.50. The van der Waals surface area contributed by atoms with Gasteiger partial charge >= 0.3 is 0 Å². The monoisotopic (exact) mass is 896 g/mol. The molecule has 10 aromatic carbocycles. The number of hydrogen-bond donors (Lipinski definition) is 1. The Morgan fingerprint density at radius 3 is 1.33 bits per heavy atom. The highest BCUT2D eigenvalue weighted by Gasteiger charge is 2.33. The lowest BCUT2D eigenvalue weighted by Gasteiger charge is -2.29. The maximum Gasteiger partial charge on any atom is 0.0873 e. The summed E-state index contributed by atoms with van der Waals surface area (Å²) in [6, 6.07) is 84.1. The van der Waals surface area contributed by atoms with Crippen LogP contribution in [0.5, 0.6) is 0 Å². The SMILES string of the molecule is C1=CC2=c3c(ccc4c3=Nc3c(c(-c5ccccc5)c(-c5ccccc5-c5ccccc5-c5ccccc5)c(-c5ccccc5)c3-c3ccccc3-c3ccccc3-c3ccccc3)S4)NC2C=C1. The van der Waals surface area contributed by atoms with Crippen molar-refractivity contribution >= 4 is 28.7 Å². The van der Waals surface area contributed by atoms with E-state index in [1.54, 1.807) is 0 Å². The van der Waals surface area contributed by atoms with Gasteiger partial charge in [-0.2, -0.15) is 0 Å². The number of allylic oxidation sites excluding steroid dienone is 2. The predicted molar refractivity (Wildman–Crippen MR) is 290 cm³/mol. The Morgan fingerprint density at radius 2 is 0.797 bits per heavy atom. The van der Waals surface area contributed by atoms with Crippen LogP contribution < -0.4 is 15.9 Å². The van der Waals surface area contributed by atoms with Gasteiger partial charge in [0.2, 0.25) is 0 Å². The second kappa shape index (κ2) is 17.3. The van der Waals surface area contributed by atoms with E-state index in [2.05, 4.69) is 260 Å². The molecule has 0 bridgehead atoms. The normalized spacial score (nSPS) is 14.0. The summed E-state index contributed by atoms with van der Waals surface area (Å²) < 4.78 is 0. The third kappa shape index (κ3) is 7.01. The summed E-state index contributed by atoms with van der Waals surface area (Å²) >= 11 is 1.86. The second-order valence-corrected chi connectivity index (χ2v) is 18.7. The Labute approximate surface area is 407 Å². The second-order valence-electron chi connectivity index (χ2n) is 17.7. The van der Waals surface area contributed by atoms with E-state index in [0.29, 0.717) is 0 Å². The summed E-state index contributed by atoms with van der Waals surface area (Å²) in [5, 5.41) is 6.00. The van der Waals surface area contributed by atoms with Crippen molar-refractivity contribution in [2.75, 3.05) is 5.32 Å². The summed E-state index contributed by atoms with van der Waals surface area (Å²) in [5.41, 5.74) is 21.9. The van der Waals surface area contributed by atoms with Gasteiger partial charge in [0.25, 0.3) is 0 Å². The molecule has 1 atom stereocenters. The van der Waals surface area contributed by atoms with E-state index in [-0.39, 0.29) is 6.04 Å². The van der Waals surface area contributed by atoms with Crippen molar-refractivity contribution in [3.63, 3.8) is 0 Å². The summed E-state index contributed by atoms with van der Waals surface area (Å²) in [6.07, 6.45) is 8.80. The molecule has 10 aromatic rings. The number of anilines is 1. The molecule has 0 saturated carbocycles.